The molecule has 0 saturated heterocycles. The standard InChI is InChI=1S/C16H25N3O2S/c1-5-11-6-7-12-13(8-11)22-16(18-12)19-15(21)14(9(2)3)17-10(4)20/h9,11,14H,5-8H2,1-4H3,(H,17,20)(H,18,19,21)/t11-,14+/m0/s1. The first kappa shape index (κ1) is 16.9. The Hall–Kier alpha value is -1.43. The first-order valence-electron chi connectivity index (χ1n) is 7.97. The number of aromatic nitrogens is 1. The number of carbonyl (C=O) groups excluding carboxylic acids is 2. The molecule has 1 aromatic heterocycles. The number of carbonyl (C=O) groups is 2. The summed E-state index contributed by atoms with van der Waals surface area (Å²) in [6.45, 7) is 7.48. The van der Waals surface area contributed by atoms with Gasteiger partial charge in [-0.15, -0.1) is 11.3 Å². The molecule has 0 fully saturated rings. The number of nitrogens with one attached hydrogen (secondary N) is 2. The highest BCUT2D eigenvalue weighted by molar-refractivity contribution is 7.15. The van der Waals surface area contributed by atoms with Gasteiger partial charge in [-0.05, 0) is 31.1 Å². The molecule has 5 nitrogen and oxygen atoms in total. The average molecular weight is 323 g/mol. The van der Waals surface area contributed by atoms with Crippen molar-refractivity contribution in [1.29, 1.82) is 0 Å². The summed E-state index contributed by atoms with van der Waals surface area (Å²) in [6, 6.07) is -0.526. The Bertz CT molecular complexity index is 554. The van der Waals surface area contributed by atoms with E-state index in [9.17, 15) is 9.59 Å². The van der Waals surface area contributed by atoms with Gasteiger partial charge in [0.25, 0.3) is 0 Å². The quantitative estimate of drug-likeness (QED) is 0.875. The van der Waals surface area contributed by atoms with Crippen molar-refractivity contribution < 1.29 is 9.59 Å². The highest BCUT2D eigenvalue weighted by atomic mass is 32.1. The minimum atomic E-state index is -0.526. The summed E-state index contributed by atoms with van der Waals surface area (Å²) in [4.78, 5) is 29.5. The van der Waals surface area contributed by atoms with Crippen LogP contribution >= 0.6 is 11.3 Å². The van der Waals surface area contributed by atoms with Crippen molar-refractivity contribution in [1.82, 2.24) is 10.3 Å². The number of hydrogen-bond acceptors (Lipinski definition) is 4. The fourth-order valence-electron chi connectivity index (χ4n) is 2.78. The predicted molar refractivity (Wildman–Crippen MR) is 89.0 cm³/mol. The summed E-state index contributed by atoms with van der Waals surface area (Å²) in [5, 5.41) is 6.23. The van der Waals surface area contributed by atoms with Gasteiger partial charge in [-0.1, -0.05) is 27.2 Å². The molecule has 0 aliphatic heterocycles. The molecule has 2 N–H and O–H groups in total. The number of anilines is 1. The van der Waals surface area contributed by atoms with E-state index in [-0.39, 0.29) is 17.7 Å². The molecular weight excluding hydrogens is 298 g/mol. The van der Waals surface area contributed by atoms with Crippen LogP contribution in [0, 0.1) is 11.8 Å². The van der Waals surface area contributed by atoms with E-state index in [2.05, 4.69) is 22.5 Å². The Labute approximate surface area is 135 Å². The molecule has 2 amide bonds. The molecule has 1 aliphatic carbocycles. The zero-order valence-electron chi connectivity index (χ0n) is 13.7. The molecule has 0 aromatic carbocycles. The van der Waals surface area contributed by atoms with Crippen LogP contribution in [0.4, 0.5) is 5.13 Å². The van der Waals surface area contributed by atoms with Gasteiger partial charge in [0.15, 0.2) is 5.13 Å². The molecular formula is C16H25N3O2S. The summed E-state index contributed by atoms with van der Waals surface area (Å²) in [6.07, 6.45) is 4.44. The summed E-state index contributed by atoms with van der Waals surface area (Å²) in [5.41, 5.74) is 1.13. The van der Waals surface area contributed by atoms with Gasteiger partial charge in [0.1, 0.15) is 6.04 Å². The maximum absolute atomic E-state index is 12.4. The fourth-order valence-corrected chi connectivity index (χ4v) is 3.91. The van der Waals surface area contributed by atoms with Crippen molar-refractivity contribution in [3.63, 3.8) is 0 Å². The van der Waals surface area contributed by atoms with Crippen molar-refractivity contribution in [2.45, 2.75) is 59.4 Å². The van der Waals surface area contributed by atoms with Crippen LogP contribution in [0.15, 0.2) is 0 Å². The van der Waals surface area contributed by atoms with E-state index in [4.69, 9.17) is 0 Å². The van der Waals surface area contributed by atoms with Crippen LogP contribution < -0.4 is 10.6 Å². The summed E-state index contributed by atoms with van der Waals surface area (Å²) in [5.74, 6) is 0.378. The van der Waals surface area contributed by atoms with E-state index in [1.165, 1.54) is 24.6 Å². The third-order valence-electron chi connectivity index (χ3n) is 4.16. The SMILES string of the molecule is CC[C@H]1CCc2nc(NC(=O)[C@H](NC(C)=O)C(C)C)sc2C1. The summed E-state index contributed by atoms with van der Waals surface area (Å²) >= 11 is 1.58. The number of hydrogen-bond donors (Lipinski definition) is 2. The van der Waals surface area contributed by atoms with E-state index in [0.717, 1.165) is 24.5 Å². The van der Waals surface area contributed by atoms with Crippen molar-refractivity contribution in [3.8, 4) is 0 Å². The van der Waals surface area contributed by atoms with Crippen LogP contribution in [-0.2, 0) is 22.4 Å². The van der Waals surface area contributed by atoms with E-state index in [1.807, 2.05) is 13.8 Å². The van der Waals surface area contributed by atoms with Crippen LogP contribution in [-0.4, -0.2) is 22.8 Å². The second-order valence-electron chi connectivity index (χ2n) is 6.32. The minimum Gasteiger partial charge on any atom is -0.344 e. The number of amides is 2. The van der Waals surface area contributed by atoms with Gasteiger partial charge in [0.05, 0.1) is 5.69 Å². The monoisotopic (exact) mass is 323 g/mol. The van der Waals surface area contributed by atoms with Crippen molar-refractivity contribution in [2.24, 2.45) is 11.8 Å². The van der Waals surface area contributed by atoms with Crippen LogP contribution in [0.25, 0.3) is 0 Å². The molecule has 22 heavy (non-hydrogen) atoms. The van der Waals surface area contributed by atoms with Gasteiger partial charge in [-0.25, -0.2) is 4.98 Å². The highest BCUT2D eigenvalue weighted by Crippen LogP contribution is 2.33. The minimum absolute atomic E-state index is 0.0305. The predicted octanol–water partition coefficient (Wildman–Crippen LogP) is 2.76. The molecule has 6 heteroatoms. The topological polar surface area (TPSA) is 71.1 Å². The summed E-state index contributed by atoms with van der Waals surface area (Å²) < 4.78 is 0. The molecule has 0 radical (unpaired) electrons. The number of thiazole rings is 1. The molecule has 2 atom stereocenters. The molecule has 1 aromatic rings. The molecule has 0 unspecified atom stereocenters. The van der Waals surface area contributed by atoms with Gasteiger partial charge in [-0.2, -0.15) is 0 Å². The van der Waals surface area contributed by atoms with Crippen molar-refractivity contribution in [2.75, 3.05) is 5.32 Å². The van der Waals surface area contributed by atoms with Crippen LogP contribution in [0.5, 0.6) is 0 Å². The maximum atomic E-state index is 12.4. The third kappa shape index (κ3) is 4.06. The fraction of sp³-hybridized carbons (Fsp3) is 0.688. The molecule has 2 rings (SSSR count). The van der Waals surface area contributed by atoms with Crippen LogP contribution in [0.2, 0.25) is 0 Å². The molecule has 0 spiro atoms. The molecule has 1 heterocycles. The van der Waals surface area contributed by atoms with E-state index >= 15 is 0 Å². The highest BCUT2D eigenvalue weighted by Gasteiger charge is 2.26. The number of aryl methyl sites for hydroxylation is 1. The Morgan fingerprint density at radius 2 is 2.14 bits per heavy atom. The maximum Gasteiger partial charge on any atom is 0.248 e. The average Bonchev–Trinajstić information content (AvgIpc) is 2.84. The second-order valence-corrected chi connectivity index (χ2v) is 7.40. The van der Waals surface area contributed by atoms with E-state index in [1.54, 1.807) is 11.3 Å². The zero-order chi connectivity index (χ0) is 16.3. The largest absolute Gasteiger partial charge is 0.344 e. The van der Waals surface area contributed by atoms with Gasteiger partial charge >= 0.3 is 0 Å². The Morgan fingerprint density at radius 1 is 1.41 bits per heavy atom. The van der Waals surface area contributed by atoms with Gasteiger partial charge < -0.3 is 10.6 Å². The lowest BCUT2D eigenvalue weighted by molar-refractivity contribution is -0.126. The second kappa shape index (κ2) is 7.22. The number of fused-ring (bicyclic) bond motifs is 1. The Balaban J connectivity index is 2.05. The van der Waals surface area contributed by atoms with Gasteiger partial charge in [-0.3, -0.25) is 9.59 Å². The van der Waals surface area contributed by atoms with Crippen molar-refractivity contribution in [3.05, 3.63) is 10.6 Å². The lowest BCUT2D eigenvalue weighted by atomic mass is 9.89. The molecule has 1 aliphatic rings. The molecule has 0 bridgehead atoms. The van der Waals surface area contributed by atoms with E-state index < -0.39 is 6.04 Å². The summed E-state index contributed by atoms with van der Waals surface area (Å²) in [7, 11) is 0. The lowest BCUT2D eigenvalue weighted by Gasteiger charge is -2.20. The zero-order valence-corrected chi connectivity index (χ0v) is 14.5. The molecule has 122 valence electrons. The van der Waals surface area contributed by atoms with Crippen LogP contribution in [0.1, 0.15) is 51.1 Å². The molecule has 0 saturated carbocycles. The van der Waals surface area contributed by atoms with Crippen molar-refractivity contribution >= 4 is 28.3 Å². The Morgan fingerprint density at radius 3 is 2.73 bits per heavy atom. The number of rotatable bonds is 5. The first-order chi connectivity index (χ1) is 10.4. The van der Waals surface area contributed by atoms with Crippen LogP contribution in [0.3, 0.4) is 0 Å². The van der Waals surface area contributed by atoms with E-state index in [0.29, 0.717) is 5.13 Å². The smallest absolute Gasteiger partial charge is 0.248 e. The lowest BCUT2D eigenvalue weighted by Crippen LogP contribution is -2.46. The third-order valence-corrected chi connectivity index (χ3v) is 5.19. The normalized spacial score (nSPS) is 18.7. The first-order valence-corrected chi connectivity index (χ1v) is 8.78. The Kier molecular flexibility index (Phi) is 5.56. The van der Waals surface area contributed by atoms with Gasteiger partial charge in [0.2, 0.25) is 11.8 Å². The van der Waals surface area contributed by atoms with Gasteiger partial charge in [0, 0.05) is 11.8 Å². The number of nitrogens with zero attached hydrogens (tertiary/aromatic N) is 1.